The van der Waals surface area contributed by atoms with Crippen molar-refractivity contribution in [1.82, 2.24) is 0 Å². The maximum Gasteiger partial charge on any atom is 0.331 e. The fourth-order valence-electron chi connectivity index (χ4n) is 7.83. The molecule has 2 fully saturated rings. The number of carbonyl (C=O) groups excluding carboxylic acids is 1. The van der Waals surface area contributed by atoms with Crippen molar-refractivity contribution in [3.8, 4) is 11.5 Å². The number of carboxylic acids is 1. The molecule has 0 amide bonds. The predicted octanol–water partition coefficient (Wildman–Crippen LogP) is 5.48. The summed E-state index contributed by atoms with van der Waals surface area (Å²) in [5.74, 6) is 0.379. The Bertz CT molecular complexity index is 1050. The second kappa shape index (κ2) is 7.23. The molecule has 0 aliphatic heterocycles. The van der Waals surface area contributed by atoms with Crippen molar-refractivity contribution in [3.05, 3.63) is 47.1 Å². The maximum absolute atomic E-state index is 13.5. The Morgan fingerprint density at radius 3 is 2.56 bits per heavy atom. The minimum atomic E-state index is -0.807. The van der Waals surface area contributed by atoms with Gasteiger partial charge in [0.25, 0.3) is 0 Å². The Morgan fingerprint density at radius 2 is 1.81 bits per heavy atom. The van der Waals surface area contributed by atoms with Gasteiger partial charge in [0.2, 0.25) is 0 Å². The zero-order valence-electron chi connectivity index (χ0n) is 18.8. The van der Waals surface area contributed by atoms with Crippen LogP contribution in [-0.4, -0.2) is 27.1 Å². The van der Waals surface area contributed by atoms with E-state index in [0.717, 1.165) is 38.5 Å². The van der Waals surface area contributed by atoms with Crippen LogP contribution >= 0.6 is 0 Å². The van der Waals surface area contributed by atoms with E-state index in [1.807, 2.05) is 6.08 Å². The third-order valence-electron chi connectivity index (χ3n) is 9.61. The van der Waals surface area contributed by atoms with Crippen molar-refractivity contribution in [2.24, 2.45) is 34.5 Å². The van der Waals surface area contributed by atoms with Crippen LogP contribution in [-0.2, 0) is 4.79 Å². The molecular weight excluding hydrogens is 404 g/mol. The van der Waals surface area contributed by atoms with Crippen molar-refractivity contribution in [1.29, 1.82) is 0 Å². The van der Waals surface area contributed by atoms with E-state index in [4.69, 9.17) is 0 Å². The summed E-state index contributed by atoms with van der Waals surface area (Å²) >= 11 is 0. The van der Waals surface area contributed by atoms with E-state index < -0.39 is 5.97 Å². The van der Waals surface area contributed by atoms with E-state index in [9.17, 15) is 24.9 Å². The van der Waals surface area contributed by atoms with Crippen LogP contribution in [0.4, 0.5) is 0 Å². The molecule has 2 saturated carbocycles. The highest BCUT2D eigenvalue weighted by Gasteiger charge is 2.59. The fourth-order valence-corrected chi connectivity index (χ4v) is 7.83. The number of aliphatic carboxylic acids is 1. The van der Waals surface area contributed by atoms with Crippen molar-refractivity contribution in [2.45, 2.75) is 58.8 Å². The molecule has 5 rings (SSSR count). The number of carbonyl (C=O) groups is 2. The number of allylic oxidation sites excluding steroid dienone is 3. The van der Waals surface area contributed by atoms with Gasteiger partial charge in [-0.25, -0.2) is 4.79 Å². The summed E-state index contributed by atoms with van der Waals surface area (Å²) in [6.45, 7) is 4.57. The van der Waals surface area contributed by atoms with E-state index in [0.29, 0.717) is 29.7 Å². The molecule has 5 nitrogen and oxygen atoms in total. The number of ketones is 1. The zero-order chi connectivity index (χ0) is 22.8. The van der Waals surface area contributed by atoms with Crippen LogP contribution in [0, 0.1) is 34.5 Å². The third kappa shape index (κ3) is 2.96. The summed E-state index contributed by atoms with van der Waals surface area (Å²) in [7, 11) is 0. The first kappa shape index (κ1) is 21.3. The van der Waals surface area contributed by atoms with Gasteiger partial charge in [-0.2, -0.15) is 0 Å². The molecule has 0 spiro atoms. The molecular formula is C27H32O5. The monoisotopic (exact) mass is 436 g/mol. The molecule has 5 heteroatoms. The zero-order valence-corrected chi connectivity index (χ0v) is 18.8. The number of aromatic hydroxyl groups is 2. The maximum atomic E-state index is 13.5. The number of phenolic OH excluding ortho intramolecular Hbond substituents is 2. The normalized spacial score (nSPS) is 38.1. The highest BCUT2D eigenvalue weighted by Crippen LogP contribution is 2.66. The second-order valence-electron chi connectivity index (χ2n) is 10.9. The van der Waals surface area contributed by atoms with Crippen molar-refractivity contribution in [3.63, 3.8) is 0 Å². The molecule has 4 aliphatic carbocycles. The van der Waals surface area contributed by atoms with Crippen molar-refractivity contribution in [2.75, 3.05) is 0 Å². The fraction of sp³-hybridized carbons (Fsp3) is 0.556. The lowest BCUT2D eigenvalue weighted by Crippen LogP contribution is -2.50. The van der Waals surface area contributed by atoms with Crippen LogP contribution in [0.5, 0.6) is 11.5 Å². The number of benzene rings is 1. The van der Waals surface area contributed by atoms with Crippen LogP contribution in [0.1, 0.15) is 69.2 Å². The standard InChI is InChI=1S/C27H32O5/c1-26-11-9-15(25(31)32)13-16(26)3-5-18-20-6-7-22(27(20,2)12-10-21(18)26)24(30)19-14-17(28)4-8-23(19)29/h3-4,8,13-14,18,20-22,28-29H,5-7,9-12H2,1-2H3,(H,31,32)/t18-,20-,21-,22+,26-,27-/m0/s1. The topological polar surface area (TPSA) is 94.8 Å². The number of fused-ring (bicyclic) bond motifs is 5. The lowest BCUT2D eigenvalue weighted by atomic mass is 9.47. The Kier molecular flexibility index (Phi) is 4.81. The predicted molar refractivity (Wildman–Crippen MR) is 120 cm³/mol. The van der Waals surface area contributed by atoms with Gasteiger partial charge >= 0.3 is 5.97 Å². The van der Waals surface area contributed by atoms with E-state index in [-0.39, 0.29) is 39.6 Å². The van der Waals surface area contributed by atoms with Gasteiger partial charge < -0.3 is 15.3 Å². The van der Waals surface area contributed by atoms with Crippen LogP contribution in [0.3, 0.4) is 0 Å². The summed E-state index contributed by atoms with van der Waals surface area (Å²) in [6.07, 6.45) is 10.4. The van der Waals surface area contributed by atoms with Crippen molar-refractivity contribution >= 4 is 11.8 Å². The Labute approximate surface area is 188 Å². The van der Waals surface area contributed by atoms with Crippen LogP contribution in [0.25, 0.3) is 0 Å². The number of hydrogen-bond donors (Lipinski definition) is 3. The first-order valence-electron chi connectivity index (χ1n) is 11.9. The minimum absolute atomic E-state index is 0.00138. The summed E-state index contributed by atoms with van der Waals surface area (Å²) in [5, 5.41) is 29.6. The molecule has 0 saturated heterocycles. The second-order valence-corrected chi connectivity index (χ2v) is 10.9. The molecule has 0 unspecified atom stereocenters. The number of rotatable bonds is 3. The van der Waals surface area contributed by atoms with Crippen LogP contribution in [0.15, 0.2) is 41.5 Å². The van der Waals surface area contributed by atoms with Gasteiger partial charge in [0.15, 0.2) is 5.78 Å². The Morgan fingerprint density at radius 1 is 1.03 bits per heavy atom. The van der Waals surface area contributed by atoms with E-state index in [1.165, 1.54) is 23.8 Å². The lowest BCUT2D eigenvalue weighted by Gasteiger charge is -2.57. The summed E-state index contributed by atoms with van der Waals surface area (Å²) in [6, 6.07) is 4.19. The molecule has 1 aromatic carbocycles. The molecule has 0 heterocycles. The molecule has 1 aromatic rings. The summed E-state index contributed by atoms with van der Waals surface area (Å²) in [4.78, 5) is 25.0. The van der Waals surface area contributed by atoms with Gasteiger partial charge in [-0.1, -0.05) is 19.9 Å². The Balaban J connectivity index is 1.45. The van der Waals surface area contributed by atoms with Gasteiger partial charge in [-0.05, 0) is 103 Å². The number of carboxylic acid groups (broad SMARTS) is 1. The average molecular weight is 437 g/mol. The van der Waals surface area contributed by atoms with Crippen molar-refractivity contribution < 1.29 is 24.9 Å². The van der Waals surface area contributed by atoms with Gasteiger partial charge in [-0.3, -0.25) is 4.79 Å². The number of hydrogen-bond acceptors (Lipinski definition) is 4. The first-order chi connectivity index (χ1) is 15.1. The molecule has 0 radical (unpaired) electrons. The molecule has 3 N–H and O–H groups in total. The van der Waals surface area contributed by atoms with Gasteiger partial charge in [0.05, 0.1) is 5.56 Å². The minimum Gasteiger partial charge on any atom is -0.508 e. The molecule has 4 aliphatic rings. The van der Waals surface area contributed by atoms with Gasteiger partial charge in [0, 0.05) is 11.5 Å². The molecule has 0 bridgehead atoms. The quantitative estimate of drug-likeness (QED) is 0.431. The third-order valence-corrected chi connectivity index (χ3v) is 9.61. The molecule has 0 aromatic heterocycles. The first-order valence-corrected chi connectivity index (χ1v) is 11.9. The number of phenols is 2. The summed E-state index contributed by atoms with van der Waals surface area (Å²) < 4.78 is 0. The van der Waals surface area contributed by atoms with E-state index in [2.05, 4.69) is 19.9 Å². The van der Waals surface area contributed by atoms with Gasteiger partial charge in [-0.15, -0.1) is 0 Å². The Hall–Kier alpha value is -2.56. The summed E-state index contributed by atoms with van der Waals surface area (Å²) in [5.41, 5.74) is 1.84. The van der Waals surface area contributed by atoms with Gasteiger partial charge in [0.1, 0.15) is 11.5 Å². The smallest absolute Gasteiger partial charge is 0.331 e. The van der Waals surface area contributed by atoms with Crippen LogP contribution in [0.2, 0.25) is 0 Å². The van der Waals surface area contributed by atoms with E-state index in [1.54, 1.807) is 0 Å². The van der Waals surface area contributed by atoms with E-state index >= 15 is 0 Å². The highest BCUT2D eigenvalue weighted by molar-refractivity contribution is 6.01. The largest absolute Gasteiger partial charge is 0.508 e. The van der Waals surface area contributed by atoms with Crippen LogP contribution < -0.4 is 0 Å². The number of Topliss-reactive ketones (excluding diaryl/α,β-unsaturated/α-hetero) is 1. The average Bonchev–Trinajstić information content (AvgIpc) is 3.11. The molecule has 6 atom stereocenters. The molecule has 32 heavy (non-hydrogen) atoms. The SMILES string of the molecule is C[C@]12CC[C@H]3[C@@H](CC=C4C=C(C(=O)O)CC[C@@]43C)[C@@H]1CC[C@@H]2C(=O)c1cc(O)ccc1O. The lowest BCUT2D eigenvalue weighted by molar-refractivity contribution is -0.133. The highest BCUT2D eigenvalue weighted by atomic mass is 16.4. The molecule has 170 valence electrons.